The number of rotatable bonds is 11. The number of hydrogen-bond donors (Lipinski definition) is 0. The third kappa shape index (κ3) is 21.6. The highest BCUT2D eigenvalue weighted by Gasteiger charge is 2.02. The number of Topliss-reactive ketones (excluding diaryl/α,β-unsaturated/α-hetero) is 1. The molecule has 0 atom stereocenters. The topological polar surface area (TPSA) is 29.4 Å². The van der Waals surface area contributed by atoms with Crippen molar-refractivity contribution in [1.82, 2.24) is 0 Å². The lowest BCUT2D eigenvalue weighted by Gasteiger charge is -2.05. The highest BCUT2D eigenvalue weighted by atomic mass is 19.1. The fraction of sp³-hybridized carbons (Fsp3) is 0.405. The first-order valence-corrected chi connectivity index (χ1v) is 14.4. The molecule has 2 aromatic rings. The van der Waals surface area contributed by atoms with Gasteiger partial charge in [0.15, 0.2) is 5.78 Å². The van der Waals surface area contributed by atoms with Crippen molar-refractivity contribution in [2.75, 3.05) is 7.05 Å². The molecule has 0 spiro atoms. The van der Waals surface area contributed by atoms with Crippen molar-refractivity contribution in [1.29, 1.82) is 0 Å². The summed E-state index contributed by atoms with van der Waals surface area (Å²) in [7, 11) is 1.64. The quantitative estimate of drug-likeness (QED) is 0.156. The van der Waals surface area contributed by atoms with Gasteiger partial charge in [-0.05, 0) is 95.3 Å². The lowest BCUT2D eigenvalue weighted by Crippen LogP contribution is -1.97. The van der Waals surface area contributed by atoms with Gasteiger partial charge >= 0.3 is 0 Å². The van der Waals surface area contributed by atoms with E-state index in [1.165, 1.54) is 46.4 Å². The molecule has 0 fully saturated rings. The Bertz CT molecular complexity index is 1040. The molecule has 0 N–H and O–H groups in total. The second kappa shape index (κ2) is 25.9. The van der Waals surface area contributed by atoms with Crippen LogP contribution in [-0.2, 0) is 17.6 Å². The largest absolute Gasteiger partial charge is 0.304 e. The van der Waals surface area contributed by atoms with Crippen LogP contribution < -0.4 is 0 Å². The number of aryl methyl sites for hydroxylation is 2. The Hall–Kier alpha value is -3.33. The van der Waals surface area contributed by atoms with Gasteiger partial charge in [0.05, 0.1) is 0 Å². The fourth-order valence-corrected chi connectivity index (χ4v) is 3.36. The van der Waals surface area contributed by atoms with Gasteiger partial charge in [-0.25, -0.2) is 4.39 Å². The molecule has 3 heteroatoms. The second-order valence-electron chi connectivity index (χ2n) is 9.70. The third-order valence-electron chi connectivity index (χ3n) is 5.89. The lowest BCUT2D eigenvalue weighted by molar-refractivity contribution is -0.113. The summed E-state index contributed by atoms with van der Waals surface area (Å²) in [5.74, 6) is 0.00586. The van der Waals surface area contributed by atoms with Gasteiger partial charge in [-0.15, -0.1) is 0 Å². The molecule has 2 rings (SSSR count). The molecule has 2 nitrogen and oxygen atoms in total. The number of halogens is 1. The summed E-state index contributed by atoms with van der Waals surface area (Å²) in [5, 5.41) is 0. The Morgan fingerprint density at radius 3 is 1.82 bits per heavy atom. The Morgan fingerprint density at radius 2 is 1.35 bits per heavy atom. The van der Waals surface area contributed by atoms with Crippen LogP contribution in [0.15, 0.2) is 107 Å². The summed E-state index contributed by atoms with van der Waals surface area (Å²) in [6, 6.07) is 17.1. The summed E-state index contributed by atoms with van der Waals surface area (Å²) >= 11 is 0. The van der Waals surface area contributed by atoms with Crippen molar-refractivity contribution < 1.29 is 9.18 Å². The minimum Gasteiger partial charge on any atom is -0.304 e. The van der Waals surface area contributed by atoms with E-state index >= 15 is 0 Å². The van der Waals surface area contributed by atoms with Gasteiger partial charge < -0.3 is 4.99 Å². The minimum atomic E-state index is -0.175. The molecular weight excluding hydrogens is 493 g/mol. The van der Waals surface area contributed by atoms with Crippen LogP contribution in [-0.4, -0.2) is 19.5 Å². The van der Waals surface area contributed by atoms with E-state index < -0.39 is 0 Å². The molecule has 40 heavy (non-hydrogen) atoms. The summed E-state index contributed by atoms with van der Waals surface area (Å²) in [6.07, 6.45) is 13.7. The van der Waals surface area contributed by atoms with Crippen LogP contribution in [0.25, 0.3) is 0 Å². The molecule has 0 heterocycles. The standard InChI is InChI=1S/C18H23F.C14H18O.C3H8.C2H5N/c1-4-6-15(3)7-8-16(5-2)9-10-17-11-13-18(19)14-12-17;1-11(12(2)13(3)15)9-10-14-7-5-4-6-8-14;2*1-3-2/h5,7-8,11-14H,3-4,6,9-10H2,1-2H3;4-8H,9-10H2,1-3H3;3H2,1-2H3;1H2,2H3/b8-7-,16-5+;12-11+;;. The molecule has 220 valence electrons. The normalized spacial score (nSPS) is 11.1. The number of carbonyl (C=O) groups excluding carboxylic acids is 1. The number of hydrogen-bond acceptors (Lipinski definition) is 2. The maximum absolute atomic E-state index is 12.8. The smallest absolute Gasteiger partial charge is 0.155 e. The Labute approximate surface area is 245 Å². The molecule has 0 aliphatic carbocycles. The minimum absolute atomic E-state index is 0.175. The summed E-state index contributed by atoms with van der Waals surface area (Å²) < 4.78 is 12.8. The Kier molecular flexibility index (Phi) is 25.2. The van der Waals surface area contributed by atoms with E-state index in [1.807, 2.05) is 51.1 Å². The number of nitrogens with zero attached hydrogens (tertiary/aromatic N) is 1. The molecule has 0 saturated carbocycles. The van der Waals surface area contributed by atoms with Crippen molar-refractivity contribution >= 4 is 12.5 Å². The number of aliphatic imine (C=N–C) groups is 1. The van der Waals surface area contributed by atoms with Crippen LogP contribution in [0.3, 0.4) is 0 Å². The van der Waals surface area contributed by atoms with E-state index in [1.54, 1.807) is 14.0 Å². The zero-order valence-electron chi connectivity index (χ0n) is 26.5. The zero-order valence-corrected chi connectivity index (χ0v) is 26.5. The molecule has 0 aromatic heterocycles. The first-order chi connectivity index (χ1) is 19.1. The average molecular weight is 548 g/mol. The van der Waals surface area contributed by atoms with E-state index in [-0.39, 0.29) is 11.6 Å². The summed E-state index contributed by atoms with van der Waals surface area (Å²) in [6.45, 7) is 21.2. The van der Waals surface area contributed by atoms with Crippen LogP contribution in [0.1, 0.15) is 91.7 Å². The van der Waals surface area contributed by atoms with Crippen LogP contribution in [0.5, 0.6) is 0 Å². The highest BCUT2D eigenvalue weighted by molar-refractivity contribution is 5.93. The molecule has 2 aromatic carbocycles. The van der Waals surface area contributed by atoms with Gasteiger partial charge in [-0.3, -0.25) is 4.79 Å². The first kappa shape index (κ1) is 38.8. The fourth-order valence-electron chi connectivity index (χ4n) is 3.36. The van der Waals surface area contributed by atoms with E-state index in [4.69, 9.17) is 0 Å². The molecule has 0 aliphatic heterocycles. The molecule has 0 amide bonds. The second-order valence-corrected chi connectivity index (χ2v) is 9.70. The van der Waals surface area contributed by atoms with Crippen LogP contribution in [0, 0.1) is 5.82 Å². The van der Waals surface area contributed by atoms with Gasteiger partial charge in [0.1, 0.15) is 5.82 Å². The Balaban J connectivity index is 0. The molecule has 0 radical (unpaired) electrons. The molecule has 0 saturated heterocycles. The maximum Gasteiger partial charge on any atom is 0.155 e. The van der Waals surface area contributed by atoms with Crippen molar-refractivity contribution in [2.24, 2.45) is 4.99 Å². The maximum atomic E-state index is 12.8. The Morgan fingerprint density at radius 1 is 0.850 bits per heavy atom. The van der Waals surface area contributed by atoms with E-state index in [0.717, 1.165) is 44.1 Å². The average Bonchev–Trinajstić information content (AvgIpc) is 2.94. The van der Waals surface area contributed by atoms with Crippen LogP contribution >= 0.6 is 0 Å². The van der Waals surface area contributed by atoms with Crippen molar-refractivity contribution in [3.63, 3.8) is 0 Å². The molecular formula is C37H54FNO. The van der Waals surface area contributed by atoms with Crippen molar-refractivity contribution in [3.05, 3.63) is 119 Å². The van der Waals surface area contributed by atoms with E-state index in [9.17, 15) is 9.18 Å². The van der Waals surface area contributed by atoms with E-state index in [2.05, 4.69) is 69.4 Å². The summed E-state index contributed by atoms with van der Waals surface area (Å²) in [4.78, 5) is 14.4. The monoisotopic (exact) mass is 547 g/mol. The van der Waals surface area contributed by atoms with Crippen molar-refractivity contribution in [3.8, 4) is 0 Å². The van der Waals surface area contributed by atoms with E-state index in [0.29, 0.717) is 0 Å². The number of ketones is 1. The van der Waals surface area contributed by atoms with Gasteiger partial charge in [-0.1, -0.05) is 118 Å². The first-order valence-electron chi connectivity index (χ1n) is 14.4. The lowest BCUT2D eigenvalue weighted by atomic mass is 10.0. The SMILES string of the molecule is C=C(/C=C\C(=C/C)CCc1ccc(F)cc1)CCC.C=NC.CC(=O)/C(C)=C(\C)CCc1ccccc1.CCC. The number of carbonyl (C=O) groups is 1. The zero-order chi connectivity index (χ0) is 30.8. The molecule has 0 aliphatic rings. The number of benzene rings is 2. The van der Waals surface area contributed by atoms with Gasteiger partial charge in [0.2, 0.25) is 0 Å². The predicted octanol–water partition coefficient (Wildman–Crippen LogP) is 10.9. The van der Waals surface area contributed by atoms with Gasteiger partial charge in [-0.2, -0.15) is 0 Å². The van der Waals surface area contributed by atoms with Gasteiger partial charge in [0, 0.05) is 7.05 Å². The highest BCUT2D eigenvalue weighted by Crippen LogP contribution is 2.14. The third-order valence-corrected chi connectivity index (χ3v) is 5.89. The van der Waals surface area contributed by atoms with Gasteiger partial charge in [0.25, 0.3) is 0 Å². The van der Waals surface area contributed by atoms with Crippen LogP contribution in [0.4, 0.5) is 4.39 Å². The predicted molar refractivity (Wildman–Crippen MR) is 177 cm³/mol. The van der Waals surface area contributed by atoms with Crippen LogP contribution in [0.2, 0.25) is 0 Å². The van der Waals surface area contributed by atoms with Crippen molar-refractivity contribution in [2.45, 2.75) is 93.4 Å². The summed E-state index contributed by atoms with van der Waals surface area (Å²) in [5.41, 5.74) is 7.07. The number of allylic oxidation sites excluding steroid dienone is 7. The molecule has 0 bridgehead atoms. The molecule has 0 unspecified atom stereocenters.